The summed E-state index contributed by atoms with van der Waals surface area (Å²) < 4.78 is 38.3. The third-order valence-electron chi connectivity index (χ3n) is 5.04. The van der Waals surface area contributed by atoms with Gasteiger partial charge in [0.25, 0.3) is 5.22 Å². The van der Waals surface area contributed by atoms with Crippen molar-refractivity contribution in [3.63, 3.8) is 0 Å². The standard InChI is InChI=1S/C19H24N4O5S2/c1-12-3-6-15(11-16(12)30(25,26)23-7-9-27-10-8-23)20-17(24)13(2)29-19-22-21-18(28-19)14-4-5-14/h3,6,11,13-14H,4-5,7-10H2,1-2H3,(H,20,24). The van der Waals surface area contributed by atoms with Crippen molar-refractivity contribution in [1.82, 2.24) is 14.5 Å². The van der Waals surface area contributed by atoms with Gasteiger partial charge in [0.1, 0.15) is 0 Å². The molecule has 0 bridgehead atoms. The zero-order valence-corrected chi connectivity index (χ0v) is 18.5. The highest BCUT2D eigenvalue weighted by atomic mass is 32.2. The third kappa shape index (κ3) is 4.69. The molecule has 1 aliphatic carbocycles. The largest absolute Gasteiger partial charge is 0.416 e. The number of hydrogen-bond acceptors (Lipinski definition) is 8. The van der Waals surface area contributed by atoms with E-state index in [4.69, 9.17) is 9.15 Å². The van der Waals surface area contributed by atoms with Gasteiger partial charge >= 0.3 is 0 Å². The van der Waals surface area contributed by atoms with E-state index < -0.39 is 15.3 Å². The van der Waals surface area contributed by atoms with Crippen LogP contribution in [-0.4, -0.2) is 60.4 Å². The number of benzene rings is 1. The molecule has 11 heteroatoms. The minimum absolute atomic E-state index is 0.188. The molecule has 1 atom stereocenters. The molecule has 4 rings (SSSR count). The number of nitrogens with zero attached hydrogens (tertiary/aromatic N) is 3. The SMILES string of the molecule is Cc1ccc(NC(=O)C(C)Sc2nnc(C3CC3)o2)cc1S(=O)(=O)N1CCOCC1. The van der Waals surface area contributed by atoms with E-state index in [0.29, 0.717) is 54.6 Å². The Morgan fingerprint density at radius 2 is 2.00 bits per heavy atom. The molecule has 1 aliphatic heterocycles. The molecule has 1 aromatic heterocycles. The van der Waals surface area contributed by atoms with E-state index in [9.17, 15) is 13.2 Å². The molecular weight excluding hydrogens is 428 g/mol. The van der Waals surface area contributed by atoms with Gasteiger partial charge in [-0.3, -0.25) is 4.79 Å². The third-order valence-corrected chi connectivity index (χ3v) is 8.01. The first-order valence-corrected chi connectivity index (χ1v) is 12.2. The Morgan fingerprint density at radius 1 is 1.27 bits per heavy atom. The van der Waals surface area contributed by atoms with Gasteiger partial charge in [-0.2, -0.15) is 4.31 Å². The van der Waals surface area contributed by atoms with Crippen LogP contribution in [0.5, 0.6) is 0 Å². The fourth-order valence-electron chi connectivity index (χ4n) is 3.09. The second-order valence-electron chi connectivity index (χ2n) is 7.43. The van der Waals surface area contributed by atoms with Crippen LogP contribution in [0.4, 0.5) is 5.69 Å². The number of anilines is 1. The van der Waals surface area contributed by atoms with Gasteiger partial charge in [0.15, 0.2) is 0 Å². The first-order valence-electron chi connectivity index (χ1n) is 9.84. The van der Waals surface area contributed by atoms with E-state index >= 15 is 0 Å². The highest BCUT2D eigenvalue weighted by molar-refractivity contribution is 8.00. The van der Waals surface area contributed by atoms with E-state index in [-0.39, 0.29) is 10.8 Å². The summed E-state index contributed by atoms with van der Waals surface area (Å²) in [6, 6.07) is 4.90. The molecule has 1 aromatic carbocycles. The number of morpholine rings is 1. The smallest absolute Gasteiger partial charge is 0.277 e. The number of amides is 1. The summed E-state index contributed by atoms with van der Waals surface area (Å²) in [5.74, 6) is 0.710. The number of hydrogen-bond donors (Lipinski definition) is 1. The number of ether oxygens (including phenoxy) is 1. The Hall–Kier alpha value is -1.95. The number of rotatable bonds is 7. The molecule has 1 unspecified atom stereocenters. The van der Waals surface area contributed by atoms with Crippen molar-refractivity contribution < 1.29 is 22.4 Å². The summed E-state index contributed by atoms with van der Waals surface area (Å²) in [5.41, 5.74) is 1.05. The van der Waals surface area contributed by atoms with Crippen LogP contribution in [-0.2, 0) is 19.6 Å². The lowest BCUT2D eigenvalue weighted by Crippen LogP contribution is -2.40. The second-order valence-corrected chi connectivity index (χ2v) is 10.6. The molecular formula is C19H24N4O5S2. The van der Waals surface area contributed by atoms with Crippen molar-refractivity contribution in [3.05, 3.63) is 29.7 Å². The van der Waals surface area contributed by atoms with Crippen molar-refractivity contribution in [2.75, 3.05) is 31.6 Å². The lowest BCUT2D eigenvalue weighted by atomic mass is 10.2. The van der Waals surface area contributed by atoms with Gasteiger partial charge in [0.2, 0.25) is 21.8 Å². The van der Waals surface area contributed by atoms with Crippen LogP contribution in [0.15, 0.2) is 32.7 Å². The molecule has 2 heterocycles. The summed E-state index contributed by atoms with van der Waals surface area (Å²) in [6.07, 6.45) is 2.12. The monoisotopic (exact) mass is 452 g/mol. The first-order chi connectivity index (χ1) is 14.3. The molecule has 9 nitrogen and oxygen atoms in total. The number of thioether (sulfide) groups is 1. The van der Waals surface area contributed by atoms with Crippen molar-refractivity contribution in [3.8, 4) is 0 Å². The number of nitrogens with one attached hydrogen (secondary N) is 1. The summed E-state index contributed by atoms with van der Waals surface area (Å²) in [4.78, 5) is 12.8. The van der Waals surface area contributed by atoms with Crippen LogP contribution in [0.2, 0.25) is 0 Å². The van der Waals surface area contributed by atoms with Gasteiger partial charge < -0.3 is 14.5 Å². The molecule has 1 saturated carbocycles. The molecule has 30 heavy (non-hydrogen) atoms. The summed E-state index contributed by atoms with van der Waals surface area (Å²) in [6.45, 7) is 4.87. The summed E-state index contributed by atoms with van der Waals surface area (Å²) in [5, 5.41) is 10.7. The molecule has 2 fully saturated rings. The molecule has 1 amide bonds. The predicted molar refractivity (Wildman–Crippen MR) is 111 cm³/mol. The molecule has 1 N–H and O–H groups in total. The van der Waals surface area contributed by atoms with Crippen LogP contribution >= 0.6 is 11.8 Å². The Labute approximate surface area is 179 Å². The highest BCUT2D eigenvalue weighted by Crippen LogP contribution is 2.40. The maximum absolute atomic E-state index is 13.0. The first kappa shape index (κ1) is 21.3. The quantitative estimate of drug-likeness (QED) is 0.637. The molecule has 0 radical (unpaired) electrons. The Kier molecular flexibility index (Phi) is 6.14. The number of carbonyl (C=O) groups excluding carboxylic acids is 1. The normalized spacial score (nSPS) is 18.9. The fraction of sp³-hybridized carbons (Fsp3) is 0.526. The van der Waals surface area contributed by atoms with E-state index in [1.165, 1.54) is 22.1 Å². The highest BCUT2D eigenvalue weighted by Gasteiger charge is 2.30. The van der Waals surface area contributed by atoms with Crippen LogP contribution in [0.25, 0.3) is 0 Å². The topological polar surface area (TPSA) is 115 Å². The molecule has 162 valence electrons. The number of sulfonamides is 1. The van der Waals surface area contributed by atoms with Gasteiger partial charge in [-0.15, -0.1) is 10.2 Å². The summed E-state index contributed by atoms with van der Waals surface area (Å²) >= 11 is 1.18. The maximum atomic E-state index is 13.0. The lowest BCUT2D eigenvalue weighted by Gasteiger charge is -2.27. The van der Waals surface area contributed by atoms with Gasteiger partial charge in [-0.25, -0.2) is 8.42 Å². The molecule has 1 saturated heterocycles. The van der Waals surface area contributed by atoms with E-state index in [1.54, 1.807) is 26.0 Å². The van der Waals surface area contributed by atoms with Crippen LogP contribution < -0.4 is 5.32 Å². The van der Waals surface area contributed by atoms with Gasteiger partial charge in [-0.05, 0) is 44.4 Å². The summed E-state index contributed by atoms with van der Waals surface area (Å²) in [7, 11) is -3.66. The van der Waals surface area contributed by atoms with Crippen LogP contribution in [0.1, 0.15) is 37.1 Å². The molecule has 2 aliphatic rings. The Morgan fingerprint density at radius 3 is 2.70 bits per heavy atom. The minimum atomic E-state index is -3.66. The Balaban J connectivity index is 1.44. The lowest BCUT2D eigenvalue weighted by molar-refractivity contribution is -0.115. The number of carbonyl (C=O) groups is 1. The average Bonchev–Trinajstić information content (AvgIpc) is 3.49. The van der Waals surface area contributed by atoms with E-state index in [0.717, 1.165) is 12.8 Å². The molecule has 2 aromatic rings. The second kappa shape index (κ2) is 8.66. The van der Waals surface area contributed by atoms with Crippen molar-refractivity contribution >= 4 is 33.4 Å². The minimum Gasteiger partial charge on any atom is -0.416 e. The van der Waals surface area contributed by atoms with E-state index in [2.05, 4.69) is 15.5 Å². The van der Waals surface area contributed by atoms with Crippen molar-refractivity contribution in [2.45, 2.75) is 48.0 Å². The Bertz CT molecular complexity index is 1030. The van der Waals surface area contributed by atoms with Crippen molar-refractivity contribution in [2.24, 2.45) is 0 Å². The zero-order valence-electron chi connectivity index (χ0n) is 16.8. The van der Waals surface area contributed by atoms with Crippen LogP contribution in [0.3, 0.4) is 0 Å². The van der Waals surface area contributed by atoms with Crippen LogP contribution in [0, 0.1) is 6.92 Å². The predicted octanol–water partition coefficient (Wildman–Crippen LogP) is 2.40. The zero-order chi connectivity index (χ0) is 21.3. The molecule has 0 spiro atoms. The van der Waals surface area contributed by atoms with Gasteiger partial charge in [0.05, 0.1) is 23.4 Å². The van der Waals surface area contributed by atoms with Crippen molar-refractivity contribution in [1.29, 1.82) is 0 Å². The maximum Gasteiger partial charge on any atom is 0.277 e. The van der Waals surface area contributed by atoms with Gasteiger partial charge in [0, 0.05) is 24.7 Å². The van der Waals surface area contributed by atoms with E-state index in [1.807, 2.05) is 0 Å². The number of aryl methyl sites for hydroxylation is 1. The van der Waals surface area contributed by atoms with Gasteiger partial charge in [-0.1, -0.05) is 17.8 Å². The fourth-order valence-corrected chi connectivity index (χ4v) is 5.44. The average molecular weight is 453 g/mol. The number of aromatic nitrogens is 2.